The number of para-hydroxylation sites is 2. The van der Waals surface area contributed by atoms with E-state index in [4.69, 9.17) is 0 Å². The molecule has 0 atom stereocenters. The topological polar surface area (TPSA) is 95.6 Å². The maximum Gasteiger partial charge on any atom is 0.274 e. The molecule has 3 aromatic rings. The zero-order chi connectivity index (χ0) is 23.1. The van der Waals surface area contributed by atoms with Crippen molar-refractivity contribution in [1.82, 2.24) is 5.32 Å². The van der Waals surface area contributed by atoms with Crippen LogP contribution in [0.5, 0.6) is 0 Å². The molecule has 10 heteroatoms. The number of halogens is 1. The van der Waals surface area contributed by atoms with Crippen LogP contribution in [0.3, 0.4) is 0 Å². The molecule has 2 N–H and O–H groups in total. The predicted molar refractivity (Wildman–Crippen MR) is 123 cm³/mol. The first kappa shape index (κ1) is 23.2. The molecule has 1 aromatic heterocycles. The van der Waals surface area contributed by atoms with E-state index in [0.29, 0.717) is 4.31 Å². The maximum absolute atomic E-state index is 14.5. The fourth-order valence-corrected chi connectivity index (χ4v) is 5.38. The summed E-state index contributed by atoms with van der Waals surface area (Å²) in [5, 5.41) is 6.74. The molecule has 0 saturated heterocycles. The van der Waals surface area contributed by atoms with E-state index in [1.807, 2.05) is 0 Å². The Kier molecular flexibility index (Phi) is 7.39. The van der Waals surface area contributed by atoms with E-state index in [9.17, 15) is 22.4 Å². The zero-order valence-electron chi connectivity index (χ0n) is 16.8. The molecular formula is C22H20FN3O4S2. The van der Waals surface area contributed by atoms with Gasteiger partial charge >= 0.3 is 0 Å². The highest BCUT2D eigenvalue weighted by Crippen LogP contribution is 2.28. The van der Waals surface area contributed by atoms with E-state index < -0.39 is 34.2 Å². The highest BCUT2D eigenvalue weighted by molar-refractivity contribution is 7.94. The maximum atomic E-state index is 14.5. The SMILES string of the molecule is C=CCNC(=O)c1ccccc1NC(=O)CN(c1ccccc1F)S(=O)(=O)c1cccs1. The summed E-state index contributed by atoms with van der Waals surface area (Å²) in [6.07, 6.45) is 1.51. The average Bonchev–Trinajstić information content (AvgIpc) is 3.33. The van der Waals surface area contributed by atoms with Gasteiger partial charge in [0.05, 0.1) is 16.9 Å². The Labute approximate surface area is 189 Å². The second-order valence-corrected chi connectivity index (χ2v) is 9.52. The van der Waals surface area contributed by atoms with Crippen molar-refractivity contribution in [2.24, 2.45) is 0 Å². The highest BCUT2D eigenvalue weighted by Gasteiger charge is 2.30. The number of nitrogens with one attached hydrogen (secondary N) is 2. The lowest BCUT2D eigenvalue weighted by Crippen LogP contribution is -2.38. The van der Waals surface area contributed by atoms with E-state index in [0.717, 1.165) is 17.4 Å². The van der Waals surface area contributed by atoms with Crippen molar-refractivity contribution in [3.05, 3.63) is 90.1 Å². The molecule has 0 aliphatic heterocycles. The number of thiophene rings is 1. The highest BCUT2D eigenvalue weighted by atomic mass is 32.2. The Morgan fingerprint density at radius 2 is 1.78 bits per heavy atom. The molecule has 0 fully saturated rings. The summed E-state index contributed by atoms with van der Waals surface area (Å²) in [6, 6.07) is 14.5. The number of nitrogens with zero attached hydrogens (tertiary/aromatic N) is 1. The van der Waals surface area contributed by atoms with Crippen molar-refractivity contribution in [1.29, 1.82) is 0 Å². The molecule has 0 saturated carbocycles. The summed E-state index contributed by atoms with van der Waals surface area (Å²) in [5.41, 5.74) is 0.135. The molecule has 0 aliphatic rings. The number of rotatable bonds is 9. The Bertz CT molecular complexity index is 1230. The van der Waals surface area contributed by atoms with Gasteiger partial charge in [0.25, 0.3) is 15.9 Å². The van der Waals surface area contributed by atoms with Crippen molar-refractivity contribution in [2.45, 2.75) is 4.21 Å². The minimum Gasteiger partial charge on any atom is -0.349 e. The van der Waals surface area contributed by atoms with Gasteiger partial charge in [-0.3, -0.25) is 13.9 Å². The van der Waals surface area contributed by atoms with Gasteiger partial charge in [-0.2, -0.15) is 0 Å². The van der Waals surface area contributed by atoms with E-state index in [1.165, 1.54) is 42.5 Å². The van der Waals surface area contributed by atoms with Gasteiger partial charge in [0.2, 0.25) is 5.91 Å². The van der Waals surface area contributed by atoms with Crippen molar-refractivity contribution in [3.8, 4) is 0 Å². The number of hydrogen-bond donors (Lipinski definition) is 2. The van der Waals surface area contributed by atoms with Crippen molar-refractivity contribution >= 4 is 44.5 Å². The fourth-order valence-electron chi connectivity index (χ4n) is 2.84. The van der Waals surface area contributed by atoms with Crippen LogP contribution in [-0.2, 0) is 14.8 Å². The first-order valence-electron chi connectivity index (χ1n) is 9.43. The molecule has 2 aromatic carbocycles. The average molecular weight is 474 g/mol. The molecular weight excluding hydrogens is 453 g/mol. The first-order chi connectivity index (χ1) is 15.3. The summed E-state index contributed by atoms with van der Waals surface area (Å²) >= 11 is 0.959. The molecule has 1 heterocycles. The zero-order valence-corrected chi connectivity index (χ0v) is 18.5. The standard InChI is InChI=1S/C22H20FN3O4S2/c1-2-13-24-22(28)16-8-3-5-10-18(16)25-20(27)15-26(19-11-6-4-9-17(19)23)32(29,30)21-12-7-14-31-21/h2-12,14H,1,13,15H2,(H,24,28)(H,25,27). The number of anilines is 2. The van der Waals surface area contributed by atoms with Gasteiger partial charge < -0.3 is 10.6 Å². The minimum atomic E-state index is -4.20. The van der Waals surface area contributed by atoms with E-state index >= 15 is 0 Å². The molecule has 7 nitrogen and oxygen atoms in total. The molecule has 3 rings (SSSR count). The quantitative estimate of drug-likeness (QED) is 0.464. The van der Waals surface area contributed by atoms with E-state index in [1.54, 1.807) is 23.6 Å². The van der Waals surface area contributed by atoms with Crippen LogP contribution >= 0.6 is 11.3 Å². The van der Waals surface area contributed by atoms with Crippen LogP contribution in [0.2, 0.25) is 0 Å². The monoisotopic (exact) mass is 473 g/mol. The third-order valence-electron chi connectivity index (χ3n) is 4.30. The lowest BCUT2D eigenvalue weighted by atomic mass is 10.1. The molecule has 0 unspecified atom stereocenters. The Morgan fingerprint density at radius 1 is 1.06 bits per heavy atom. The van der Waals surface area contributed by atoms with Crippen molar-refractivity contribution in [3.63, 3.8) is 0 Å². The van der Waals surface area contributed by atoms with Gasteiger partial charge in [0, 0.05) is 6.54 Å². The largest absolute Gasteiger partial charge is 0.349 e. The normalized spacial score (nSPS) is 10.9. The van der Waals surface area contributed by atoms with Crippen molar-refractivity contribution < 1.29 is 22.4 Å². The van der Waals surface area contributed by atoms with Crippen LogP contribution in [0.15, 0.2) is 82.9 Å². The number of carbonyl (C=O) groups excluding carboxylic acids is 2. The lowest BCUT2D eigenvalue weighted by molar-refractivity contribution is -0.114. The summed E-state index contributed by atoms with van der Waals surface area (Å²) in [5.74, 6) is -1.96. The number of benzene rings is 2. The Balaban J connectivity index is 1.90. The summed E-state index contributed by atoms with van der Waals surface area (Å²) < 4.78 is 41.5. The third kappa shape index (κ3) is 5.21. The molecule has 0 bridgehead atoms. The smallest absolute Gasteiger partial charge is 0.274 e. The number of sulfonamides is 1. The Morgan fingerprint density at radius 3 is 2.47 bits per heavy atom. The molecule has 0 spiro atoms. The van der Waals surface area contributed by atoms with E-state index in [2.05, 4.69) is 17.2 Å². The molecule has 32 heavy (non-hydrogen) atoms. The summed E-state index contributed by atoms with van der Waals surface area (Å²) in [6.45, 7) is 3.08. The van der Waals surface area contributed by atoms with Gasteiger partial charge in [-0.1, -0.05) is 36.4 Å². The second-order valence-electron chi connectivity index (χ2n) is 6.49. The van der Waals surface area contributed by atoms with Gasteiger partial charge in [0.1, 0.15) is 16.6 Å². The van der Waals surface area contributed by atoms with Crippen LogP contribution in [0.1, 0.15) is 10.4 Å². The van der Waals surface area contributed by atoms with Crippen LogP contribution in [-0.4, -0.2) is 33.3 Å². The summed E-state index contributed by atoms with van der Waals surface area (Å²) in [7, 11) is -4.20. The molecule has 2 amide bonds. The van der Waals surface area contributed by atoms with E-state index in [-0.39, 0.29) is 27.7 Å². The third-order valence-corrected chi connectivity index (χ3v) is 7.43. The van der Waals surface area contributed by atoms with Gasteiger partial charge in [-0.05, 0) is 35.7 Å². The molecule has 166 valence electrons. The predicted octanol–water partition coefficient (Wildman–Crippen LogP) is 3.64. The van der Waals surface area contributed by atoms with Gasteiger partial charge in [-0.15, -0.1) is 17.9 Å². The molecule has 0 radical (unpaired) electrons. The second kappa shape index (κ2) is 10.2. The lowest BCUT2D eigenvalue weighted by Gasteiger charge is -2.24. The number of amides is 2. The molecule has 0 aliphatic carbocycles. The fraction of sp³-hybridized carbons (Fsp3) is 0.0909. The van der Waals surface area contributed by atoms with Crippen LogP contribution in [0.4, 0.5) is 15.8 Å². The van der Waals surface area contributed by atoms with Crippen molar-refractivity contribution in [2.75, 3.05) is 22.7 Å². The minimum absolute atomic E-state index is 0.0299. The first-order valence-corrected chi connectivity index (χ1v) is 11.8. The Hall–Kier alpha value is -3.50. The van der Waals surface area contributed by atoms with Gasteiger partial charge in [0.15, 0.2) is 0 Å². The number of carbonyl (C=O) groups is 2. The van der Waals surface area contributed by atoms with Gasteiger partial charge in [-0.25, -0.2) is 12.8 Å². The van der Waals surface area contributed by atoms with Crippen LogP contribution in [0, 0.1) is 5.82 Å². The van der Waals surface area contributed by atoms with Crippen LogP contribution in [0.25, 0.3) is 0 Å². The number of hydrogen-bond acceptors (Lipinski definition) is 5. The summed E-state index contributed by atoms with van der Waals surface area (Å²) in [4.78, 5) is 25.2. The van der Waals surface area contributed by atoms with Crippen LogP contribution < -0.4 is 14.9 Å².